The molecule has 2 amide bonds. The fraction of sp³-hybridized carbons (Fsp3) is 0.500. The fourth-order valence-electron chi connectivity index (χ4n) is 3.29. The Kier molecular flexibility index (Phi) is 9.42. The summed E-state index contributed by atoms with van der Waals surface area (Å²) in [5, 5.41) is 5.57. The van der Waals surface area contributed by atoms with E-state index in [0.29, 0.717) is 12.1 Å². The van der Waals surface area contributed by atoms with Gasteiger partial charge in [-0.1, -0.05) is 12.1 Å². The number of hydrogen-bond donors (Lipinski definition) is 2. The van der Waals surface area contributed by atoms with Crippen LogP contribution in [0.4, 0.5) is 19.0 Å². The van der Waals surface area contributed by atoms with Crippen LogP contribution in [-0.4, -0.2) is 79.8 Å². The molecule has 0 aliphatic carbocycles. The molecule has 1 aromatic heterocycles. The molecule has 0 atom stereocenters. The number of nitrogens with zero attached hydrogens (tertiary/aromatic N) is 3. The van der Waals surface area contributed by atoms with Crippen LogP contribution in [0.2, 0.25) is 0 Å². The number of anilines is 1. The summed E-state index contributed by atoms with van der Waals surface area (Å²) in [4.78, 5) is 28.7. The van der Waals surface area contributed by atoms with Crippen LogP contribution in [0.5, 0.6) is 11.6 Å². The van der Waals surface area contributed by atoms with Crippen molar-refractivity contribution in [2.45, 2.75) is 20.0 Å². The zero-order chi connectivity index (χ0) is 24.5. The number of rotatable bonds is 9. The molecule has 0 unspecified atom stereocenters. The Morgan fingerprint density at radius 1 is 1.24 bits per heavy atom. The Morgan fingerprint density at radius 2 is 2.00 bits per heavy atom. The van der Waals surface area contributed by atoms with E-state index < -0.39 is 18.0 Å². The van der Waals surface area contributed by atoms with Crippen molar-refractivity contribution in [3.05, 3.63) is 35.1 Å². The molecule has 34 heavy (non-hydrogen) atoms. The summed E-state index contributed by atoms with van der Waals surface area (Å²) < 4.78 is 33.4. The number of nitrogens with one attached hydrogen (secondary N) is 2. The second-order valence-electron chi connectivity index (χ2n) is 7.97. The van der Waals surface area contributed by atoms with E-state index in [2.05, 4.69) is 36.6 Å². The molecule has 0 saturated carbocycles. The molecule has 1 aliphatic rings. The average molecular weight is 496 g/mol. The number of amides is 2. The Morgan fingerprint density at radius 3 is 2.71 bits per heavy atom. The van der Waals surface area contributed by atoms with Crippen LogP contribution in [0.1, 0.15) is 17.5 Å². The van der Waals surface area contributed by atoms with Crippen LogP contribution in [0.3, 0.4) is 0 Å². The number of ether oxygens (including phenoxy) is 3. The molecule has 12 heteroatoms. The molecule has 2 N–H and O–H groups in total. The molecule has 1 aromatic carbocycles. The number of piperazine rings is 1. The van der Waals surface area contributed by atoms with Gasteiger partial charge in [-0.05, 0) is 50.1 Å². The summed E-state index contributed by atoms with van der Waals surface area (Å²) in [5.74, 6) is -0.572. The summed E-state index contributed by atoms with van der Waals surface area (Å²) in [6, 6.07) is 4.29. The monoisotopic (exact) mass is 495 g/mol. The molecule has 3 rings (SSSR count). The van der Waals surface area contributed by atoms with Gasteiger partial charge in [0.05, 0.1) is 7.11 Å². The Hall–Kier alpha value is -2.96. The van der Waals surface area contributed by atoms with E-state index in [1.165, 1.54) is 6.07 Å². The normalized spacial score (nSPS) is 14.5. The summed E-state index contributed by atoms with van der Waals surface area (Å²) >= 11 is 0.875. The van der Waals surface area contributed by atoms with Crippen molar-refractivity contribution in [3.63, 3.8) is 0 Å². The first-order valence-electron chi connectivity index (χ1n) is 10.9. The van der Waals surface area contributed by atoms with Gasteiger partial charge in [-0.15, -0.1) is 4.37 Å². The number of halogens is 1. The number of likely N-dealkylation sites (N-methyl/N-ethyl adjacent to an activating group) is 1. The maximum Gasteiger partial charge on any atom is 0.513 e. The average Bonchev–Trinajstić information content (AvgIpc) is 3.18. The van der Waals surface area contributed by atoms with Crippen molar-refractivity contribution >= 4 is 28.7 Å². The van der Waals surface area contributed by atoms with Crippen molar-refractivity contribution in [2.24, 2.45) is 0 Å². The van der Waals surface area contributed by atoms with Gasteiger partial charge in [-0.3, -0.25) is 5.32 Å². The Bertz CT molecular complexity index is 981. The van der Waals surface area contributed by atoms with Crippen molar-refractivity contribution < 1.29 is 28.2 Å². The summed E-state index contributed by atoms with van der Waals surface area (Å²) in [6.07, 6.45) is -0.191. The number of urea groups is 1. The predicted octanol–water partition coefficient (Wildman–Crippen LogP) is 3.07. The molecule has 1 saturated heterocycles. The fourth-order valence-corrected chi connectivity index (χ4v) is 3.95. The minimum atomic E-state index is -0.998. The highest BCUT2D eigenvalue weighted by Gasteiger charge is 2.23. The molecule has 0 bridgehead atoms. The lowest BCUT2D eigenvalue weighted by Crippen LogP contribution is -2.45. The largest absolute Gasteiger partial charge is 0.513 e. The minimum absolute atomic E-state index is 0.0549. The number of hydrogen-bond acceptors (Lipinski definition) is 9. The second-order valence-corrected chi connectivity index (χ2v) is 8.74. The molecule has 0 radical (unpaired) electrons. The van der Waals surface area contributed by atoms with Crippen LogP contribution in [0.25, 0.3) is 0 Å². The lowest BCUT2D eigenvalue weighted by Gasteiger charge is -2.32. The van der Waals surface area contributed by atoms with E-state index in [9.17, 15) is 14.0 Å². The van der Waals surface area contributed by atoms with Crippen molar-refractivity contribution in [1.82, 2.24) is 19.5 Å². The van der Waals surface area contributed by atoms with Crippen LogP contribution in [0.15, 0.2) is 18.2 Å². The molecule has 1 aliphatic heterocycles. The SMILES string of the molecule is COC(=O)Oc1c(OCc2ccc(C)cc2F)nsc1NC(=O)NCCCN1CCN(C)CC1. The second kappa shape index (κ2) is 12.5. The van der Waals surface area contributed by atoms with Gasteiger partial charge >= 0.3 is 12.2 Å². The van der Waals surface area contributed by atoms with Crippen molar-refractivity contribution in [2.75, 3.05) is 58.7 Å². The van der Waals surface area contributed by atoms with Crippen LogP contribution < -0.4 is 20.1 Å². The Balaban J connectivity index is 1.54. The summed E-state index contributed by atoms with van der Waals surface area (Å²) in [5.41, 5.74) is 1.10. The molecule has 1 fully saturated rings. The summed E-state index contributed by atoms with van der Waals surface area (Å²) in [6.45, 7) is 7.17. The zero-order valence-electron chi connectivity index (χ0n) is 19.6. The first-order valence-corrected chi connectivity index (χ1v) is 11.7. The molecular weight excluding hydrogens is 465 g/mol. The standard InChI is InChI=1S/C22H30FN5O5S/c1-15-5-6-16(17(23)13-15)14-32-19-18(33-22(30)31-3)20(34-26-19)25-21(29)24-7-4-8-28-11-9-27(2)10-12-28/h5-6,13H,4,7-12,14H2,1-3H3,(H2,24,25,29). The molecule has 2 aromatic rings. The third-order valence-electron chi connectivity index (χ3n) is 5.30. The van der Waals surface area contributed by atoms with Gasteiger partial charge < -0.3 is 29.3 Å². The van der Waals surface area contributed by atoms with Crippen LogP contribution >= 0.6 is 11.5 Å². The highest BCUT2D eigenvalue weighted by atomic mass is 32.1. The molecule has 0 spiro atoms. The van der Waals surface area contributed by atoms with Gasteiger partial charge in [0.2, 0.25) is 5.75 Å². The van der Waals surface area contributed by atoms with Gasteiger partial charge in [-0.2, -0.15) is 0 Å². The molecule has 186 valence electrons. The molecule has 2 heterocycles. The van der Waals surface area contributed by atoms with E-state index in [4.69, 9.17) is 9.47 Å². The predicted molar refractivity (Wildman–Crippen MR) is 126 cm³/mol. The lowest BCUT2D eigenvalue weighted by molar-refractivity contribution is 0.119. The molecular formula is C22H30FN5O5S. The summed E-state index contributed by atoms with van der Waals surface area (Å²) in [7, 11) is 3.27. The third kappa shape index (κ3) is 7.54. The van der Waals surface area contributed by atoms with E-state index >= 15 is 0 Å². The quantitative estimate of drug-likeness (QED) is 0.404. The van der Waals surface area contributed by atoms with Gasteiger partial charge in [0.25, 0.3) is 5.88 Å². The number of carbonyl (C=O) groups excluding carboxylic acids is 2. The highest BCUT2D eigenvalue weighted by Crippen LogP contribution is 2.39. The van der Waals surface area contributed by atoms with Gasteiger partial charge in [0.1, 0.15) is 12.4 Å². The molecule has 10 nitrogen and oxygen atoms in total. The van der Waals surface area contributed by atoms with Gasteiger partial charge in [0, 0.05) is 38.3 Å². The van der Waals surface area contributed by atoms with Crippen LogP contribution in [0, 0.1) is 12.7 Å². The first-order chi connectivity index (χ1) is 16.4. The minimum Gasteiger partial charge on any atom is -0.469 e. The zero-order valence-corrected chi connectivity index (χ0v) is 20.4. The van der Waals surface area contributed by atoms with E-state index in [1.54, 1.807) is 19.1 Å². The highest BCUT2D eigenvalue weighted by molar-refractivity contribution is 7.11. The lowest BCUT2D eigenvalue weighted by atomic mass is 10.1. The first kappa shape index (κ1) is 25.7. The number of methoxy groups -OCH3 is 1. The van der Waals surface area contributed by atoms with E-state index in [-0.39, 0.29) is 23.2 Å². The van der Waals surface area contributed by atoms with Gasteiger partial charge in [-0.25, -0.2) is 14.0 Å². The van der Waals surface area contributed by atoms with E-state index in [1.807, 2.05) is 0 Å². The maximum absolute atomic E-state index is 14.1. The number of aromatic nitrogens is 1. The number of carbonyl (C=O) groups is 2. The van der Waals surface area contributed by atoms with Crippen molar-refractivity contribution in [3.8, 4) is 11.6 Å². The van der Waals surface area contributed by atoms with E-state index in [0.717, 1.165) is 63.4 Å². The smallest absolute Gasteiger partial charge is 0.469 e. The number of benzene rings is 1. The van der Waals surface area contributed by atoms with Crippen molar-refractivity contribution in [1.29, 1.82) is 0 Å². The topological polar surface area (TPSA) is 105 Å². The van der Waals surface area contributed by atoms with Gasteiger partial charge in [0.15, 0.2) is 5.00 Å². The van der Waals surface area contributed by atoms with Crippen LogP contribution in [-0.2, 0) is 11.3 Å². The number of aryl methyl sites for hydroxylation is 1. The third-order valence-corrected chi connectivity index (χ3v) is 6.03. The maximum atomic E-state index is 14.1. The Labute approximate surface area is 202 Å².